The molecule has 0 bridgehead atoms. The summed E-state index contributed by atoms with van der Waals surface area (Å²) in [4.78, 5) is 0. The number of terminal acetylenes is 1. The number of nitrogens with two attached hydrogens (primary N) is 1. The first kappa shape index (κ1) is 11.7. The van der Waals surface area contributed by atoms with E-state index in [-0.39, 0.29) is 11.9 Å². The zero-order valence-corrected chi connectivity index (χ0v) is 8.76. The molecule has 80 valence electrons. The molecular weight excluding hydrogens is 191 g/mol. The Morgan fingerprint density at radius 3 is 2.93 bits per heavy atom. The zero-order chi connectivity index (χ0) is 11.3. The highest BCUT2D eigenvalue weighted by molar-refractivity contribution is 5.26. The molecule has 0 aliphatic carbocycles. The van der Waals surface area contributed by atoms with Crippen molar-refractivity contribution >= 4 is 0 Å². The summed E-state index contributed by atoms with van der Waals surface area (Å²) in [7, 11) is 0. The number of hydrazine groups is 1. The van der Waals surface area contributed by atoms with Crippen LogP contribution in [0.4, 0.5) is 4.39 Å². The van der Waals surface area contributed by atoms with E-state index in [1.165, 1.54) is 6.07 Å². The molecule has 0 amide bonds. The lowest BCUT2D eigenvalue weighted by Crippen LogP contribution is -2.28. The van der Waals surface area contributed by atoms with E-state index >= 15 is 0 Å². The fourth-order valence-electron chi connectivity index (χ4n) is 1.49. The molecule has 0 aliphatic rings. The van der Waals surface area contributed by atoms with Gasteiger partial charge in [0.2, 0.25) is 0 Å². The van der Waals surface area contributed by atoms with Gasteiger partial charge in [-0.15, -0.1) is 12.3 Å². The Bertz CT molecular complexity index is 368. The molecule has 0 aromatic heterocycles. The van der Waals surface area contributed by atoms with E-state index in [2.05, 4.69) is 11.3 Å². The second-order valence-electron chi connectivity index (χ2n) is 3.49. The SMILES string of the molecule is C#CCCC(NN)c1cc(C)ccc1F. The quantitative estimate of drug-likeness (QED) is 0.449. The van der Waals surface area contributed by atoms with E-state index in [1.54, 1.807) is 12.1 Å². The lowest BCUT2D eigenvalue weighted by Gasteiger charge is -2.16. The highest BCUT2D eigenvalue weighted by atomic mass is 19.1. The molecule has 0 saturated carbocycles. The van der Waals surface area contributed by atoms with Crippen LogP contribution < -0.4 is 11.3 Å². The topological polar surface area (TPSA) is 38.0 Å². The lowest BCUT2D eigenvalue weighted by molar-refractivity contribution is 0.490. The van der Waals surface area contributed by atoms with Gasteiger partial charge >= 0.3 is 0 Å². The van der Waals surface area contributed by atoms with Crippen molar-refractivity contribution < 1.29 is 4.39 Å². The van der Waals surface area contributed by atoms with Crippen LogP contribution in [0.3, 0.4) is 0 Å². The summed E-state index contributed by atoms with van der Waals surface area (Å²) in [5, 5.41) is 0. The second kappa shape index (κ2) is 5.50. The van der Waals surface area contributed by atoms with E-state index in [9.17, 15) is 4.39 Å². The van der Waals surface area contributed by atoms with Gasteiger partial charge in [-0.3, -0.25) is 11.3 Å². The number of nitrogens with one attached hydrogen (secondary N) is 1. The summed E-state index contributed by atoms with van der Waals surface area (Å²) in [5.74, 6) is 7.65. The summed E-state index contributed by atoms with van der Waals surface area (Å²) < 4.78 is 13.5. The molecule has 0 aliphatic heterocycles. The molecule has 3 heteroatoms. The van der Waals surface area contributed by atoms with Crippen molar-refractivity contribution in [3.05, 3.63) is 35.1 Å². The monoisotopic (exact) mass is 206 g/mol. The fraction of sp³-hybridized carbons (Fsp3) is 0.333. The number of halogens is 1. The zero-order valence-electron chi connectivity index (χ0n) is 8.76. The van der Waals surface area contributed by atoms with Crippen LogP contribution in [0.2, 0.25) is 0 Å². The van der Waals surface area contributed by atoms with Gasteiger partial charge in [-0.1, -0.05) is 17.7 Å². The van der Waals surface area contributed by atoms with Gasteiger partial charge in [-0.25, -0.2) is 4.39 Å². The Hall–Kier alpha value is -1.37. The Labute approximate surface area is 89.6 Å². The molecule has 1 aromatic carbocycles. The van der Waals surface area contributed by atoms with Gasteiger partial charge in [0.05, 0.1) is 0 Å². The van der Waals surface area contributed by atoms with Crippen LogP contribution in [0.1, 0.15) is 30.0 Å². The molecule has 1 unspecified atom stereocenters. The average molecular weight is 206 g/mol. The minimum absolute atomic E-state index is 0.221. The summed E-state index contributed by atoms with van der Waals surface area (Å²) in [6.45, 7) is 1.91. The van der Waals surface area contributed by atoms with Crippen molar-refractivity contribution in [1.29, 1.82) is 0 Å². The predicted molar refractivity (Wildman–Crippen MR) is 59.3 cm³/mol. The van der Waals surface area contributed by atoms with Gasteiger partial charge in [0.1, 0.15) is 5.82 Å². The third kappa shape index (κ3) is 3.05. The molecule has 0 radical (unpaired) electrons. The van der Waals surface area contributed by atoms with Crippen molar-refractivity contribution in [3.63, 3.8) is 0 Å². The first-order valence-corrected chi connectivity index (χ1v) is 4.84. The number of aryl methyl sites for hydroxylation is 1. The van der Waals surface area contributed by atoms with Crippen molar-refractivity contribution in [1.82, 2.24) is 5.43 Å². The standard InChI is InChI=1S/C12H15FN2/c1-3-4-5-12(15-14)10-8-9(2)6-7-11(10)13/h1,6-8,12,15H,4-5,14H2,2H3. The van der Waals surface area contributed by atoms with E-state index in [1.807, 2.05) is 6.92 Å². The van der Waals surface area contributed by atoms with Crippen molar-refractivity contribution in [2.24, 2.45) is 5.84 Å². The molecule has 3 N–H and O–H groups in total. The Kier molecular flexibility index (Phi) is 4.29. The van der Waals surface area contributed by atoms with Gasteiger partial charge in [-0.05, 0) is 19.4 Å². The van der Waals surface area contributed by atoms with Crippen LogP contribution in [0.15, 0.2) is 18.2 Å². The summed E-state index contributed by atoms with van der Waals surface area (Å²) in [5.41, 5.74) is 4.17. The van der Waals surface area contributed by atoms with Crippen LogP contribution in [-0.4, -0.2) is 0 Å². The van der Waals surface area contributed by atoms with Crippen LogP contribution >= 0.6 is 0 Å². The Morgan fingerprint density at radius 1 is 1.60 bits per heavy atom. The van der Waals surface area contributed by atoms with E-state index in [0.29, 0.717) is 18.4 Å². The summed E-state index contributed by atoms with van der Waals surface area (Å²) in [6, 6.07) is 4.75. The molecule has 1 atom stereocenters. The number of hydrogen-bond acceptors (Lipinski definition) is 2. The molecule has 0 spiro atoms. The smallest absolute Gasteiger partial charge is 0.128 e. The molecule has 1 aromatic rings. The van der Waals surface area contributed by atoms with Gasteiger partial charge in [-0.2, -0.15) is 0 Å². The van der Waals surface area contributed by atoms with Gasteiger partial charge < -0.3 is 0 Å². The Balaban J connectivity index is 2.91. The van der Waals surface area contributed by atoms with E-state index < -0.39 is 0 Å². The number of rotatable bonds is 4. The Morgan fingerprint density at radius 2 is 2.33 bits per heavy atom. The minimum atomic E-state index is -0.249. The molecule has 0 heterocycles. The van der Waals surface area contributed by atoms with Crippen LogP contribution in [0, 0.1) is 25.1 Å². The van der Waals surface area contributed by atoms with E-state index in [0.717, 1.165) is 5.56 Å². The number of benzene rings is 1. The average Bonchev–Trinajstić information content (AvgIpc) is 2.24. The van der Waals surface area contributed by atoms with Crippen molar-refractivity contribution in [3.8, 4) is 12.3 Å². The highest BCUT2D eigenvalue weighted by Crippen LogP contribution is 2.21. The molecule has 1 rings (SSSR count). The third-order valence-electron chi connectivity index (χ3n) is 2.31. The lowest BCUT2D eigenvalue weighted by atomic mass is 10.0. The van der Waals surface area contributed by atoms with E-state index in [4.69, 9.17) is 12.3 Å². The molecule has 2 nitrogen and oxygen atoms in total. The number of hydrogen-bond donors (Lipinski definition) is 2. The predicted octanol–water partition coefficient (Wildman–Crippen LogP) is 2.05. The van der Waals surface area contributed by atoms with Crippen molar-refractivity contribution in [2.45, 2.75) is 25.8 Å². The molecule has 0 fully saturated rings. The van der Waals surface area contributed by atoms with Crippen molar-refractivity contribution in [2.75, 3.05) is 0 Å². The third-order valence-corrected chi connectivity index (χ3v) is 2.31. The van der Waals surface area contributed by atoms with Crippen LogP contribution in [0.5, 0.6) is 0 Å². The first-order valence-electron chi connectivity index (χ1n) is 4.84. The summed E-state index contributed by atoms with van der Waals surface area (Å²) >= 11 is 0. The van der Waals surface area contributed by atoms with Gasteiger partial charge in [0.15, 0.2) is 0 Å². The van der Waals surface area contributed by atoms with Gasteiger partial charge in [0.25, 0.3) is 0 Å². The largest absolute Gasteiger partial charge is 0.271 e. The second-order valence-corrected chi connectivity index (χ2v) is 3.49. The maximum atomic E-state index is 13.5. The van der Waals surface area contributed by atoms with Gasteiger partial charge in [0, 0.05) is 18.0 Å². The minimum Gasteiger partial charge on any atom is -0.271 e. The first-order chi connectivity index (χ1) is 7.19. The summed E-state index contributed by atoms with van der Waals surface area (Å²) in [6.07, 6.45) is 6.37. The fourth-order valence-corrected chi connectivity index (χ4v) is 1.49. The normalized spacial score (nSPS) is 12.1. The maximum absolute atomic E-state index is 13.5. The molecule has 15 heavy (non-hydrogen) atoms. The molecule has 0 saturated heterocycles. The van der Waals surface area contributed by atoms with Crippen LogP contribution in [0.25, 0.3) is 0 Å². The maximum Gasteiger partial charge on any atom is 0.128 e. The highest BCUT2D eigenvalue weighted by Gasteiger charge is 2.13. The van der Waals surface area contributed by atoms with Crippen LogP contribution in [-0.2, 0) is 0 Å². The molecular formula is C12H15FN2.